The molecule has 31 heavy (non-hydrogen) atoms. The molecule has 0 radical (unpaired) electrons. The molecule has 0 bridgehead atoms. The standard InChI is InChI=1S/C23H30N2O5S/c1-2-3-15-30-23(27)20-16-31-22(18-7-5-4-6-8-18)24(20)21(26)14-11-17-9-12-19(13-10-17)25(28)29/h9-14,18,20,22H,2-8,15-16H2,1H3/b14-11+/t20-,22+/m1/s1. The highest BCUT2D eigenvalue weighted by Gasteiger charge is 2.45. The number of hydrogen-bond donors (Lipinski definition) is 0. The monoisotopic (exact) mass is 446 g/mol. The lowest BCUT2D eigenvalue weighted by atomic mass is 9.88. The zero-order valence-corrected chi connectivity index (χ0v) is 18.7. The largest absolute Gasteiger partial charge is 0.464 e. The Morgan fingerprint density at radius 1 is 1.23 bits per heavy atom. The number of rotatable bonds is 8. The number of benzene rings is 1. The molecule has 0 N–H and O–H groups in total. The van der Waals surface area contributed by atoms with Gasteiger partial charge in [-0.2, -0.15) is 0 Å². The van der Waals surface area contributed by atoms with Crippen LogP contribution in [0.5, 0.6) is 0 Å². The van der Waals surface area contributed by atoms with Gasteiger partial charge in [0.25, 0.3) is 5.69 Å². The van der Waals surface area contributed by atoms with Crippen LogP contribution in [0.2, 0.25) is 0 Å². The fraction of sp³-hybridized carbons (Fsp3) is 0.565. The molecule has 1 aromatic rings. The first kappa shape index (κ1) is 23.3. The summed E-state index contributed by atoms with van der Waals surface area (Å²) in [5, 5.41) is 10.8. The summed E-state index contributed by atoms with van der Waals surface area (Å²) in [5.41, 5.74) is 0.703. The molecular weight excluding hydrogens is 416 g/mol. The number of carbonyl (C=O) groups is 2. The van der Waals surface area contributed by atoms with Crippen molar-refractivity contribution in [3.8, 4) is 0 Å². The van der Waals surface area contributed by atoms with Crippen LogP contribution >= 0.6 is 11.8 Å². The fourth-order valence-electron chi connectivity index (χ4n) is 4.14. The molecule has 1 saturated heterocycles. The highest BCUT2D eigenvalue weighted by atomic mass is 32.2. The number of non-ortho nitro benzene ring substituents is 1. The van der Waals surface area contributed by atoms with Gasteiger partial charge in [0.1, 0.15) is 6.04 Å². The van der Waals surface area contributed by atoms with Crippen LogP contribution in [0.4, 0.5) is 5.69 Å². The Morgan fingerprint density at radius 3 is 2.58 bits per heavy atom. The predicted octanol–water partition coefficient (Wildman–Crippen LogP) is 4.80. The average Bonchev–Trinajstić information content (AvgIpc) is 3.24. The van der Waals surface area contributed by atoms with Gasteiger partial charge in [-0.3, -0.25) is 14.9 Å². The van der Waals surface area contributed by atoms with Crippen molar-refractivity contribution in [3.05, 3.63) is 46.0 Å². The summed E-state index contributed by atoms with van der Waals surface area (Å²) in [5.74, 6) is 0.417. The fourth-order valence-corrected chi connectivity index (χ4v) is 5.78. The van der Waals surface area contributed by atoms with E-state index in [2.05, 4.69) is 0 Å². The molecule has 2 atom stereocenters. The van der Waals surface area contributed by atoms with E-state index in [9.17, 15) is 19.7 Å². The zero-order valence-electron chi connectivity index (χ0n) is 17.9. The van der Waals surface area contributed by atoms with E-state index in [1.54, 1.807) is 34.9 Å². The summed E-state index contributed by atoms with van der Waals surface area (Å²) < 4.78 is 5.45. The minimum Gasteiger partial charge on any atom is -0.464 e. The SMILES string of the molecule is CCCCOC(=O)[C@H]1CS[C@@H](C2CCCCC2)N1C(=O)/C=C/c1ccc([N+](=O)[O-])cc1. The second kappa shape index (κ2) is 11.3. The van der Waals surface area contributed by atoms with Crippen molar-refractivity contribution in [2.45, 2.75) is 63.3 Å². The average molecular weight is 447 g/mol. The number of unbranched alkanes of at least 4 members (excludes halogenated alkanes) is 1. The van der Waals surface area contributed by atoms with Gasteiger partial charge < -0.3 is 9.64 Å². The first-order valence-electron chi connectivity index (χ1n) is 11.0. The molecule has 7 nitrogen and oxygen atoms in total. The quantitative estimate of drug-likeness (QED) is 0.187. The topological polar surface area (TPSA) is 89.8 Å². The molecule has 8 heteroatoms. The van der Waals surface area contributed by atoms with Crippen molar-refractivity contribution in [2.75, 3.05) is 12.4 Å². The number of ether oxygens (including phenoxy) is 1. The van der Waals surface area contributed by atoms with Gasteiger partial charge in [0.05, 0.1) is 16.9 Å². The van der Waals surface area contributed by atoms with Gasteiger partial charge in [0, 0.05) is 24.0 Å². The minimum absolute atomic E-state index is 0.00618. The van der Waals surface area contributed by atoms with E-state index >= 15 is 0 Å². The first-order valence-corrected chi connectivity index (χ1v) is 12.1. The Balaban J connectivity index is 1.75. The van der Waals surface area contributed by atoms with Crippen molar-refractivity contribution < 1.29 is 19.2 Å². The summed E-state index contributed by atoms with van der Waals surface area (Å²) in [6.45, 7) is 2.42. The summed E-state index contributed by atoms with van der Waals surface area (Å²) in [6.07, 6.45) is 10.6. The first-order chi connectivity index (χ1) is 15.0. The van der Waals surface area contributed by atoms with Gasteiger partial charge >= 0.3 is 5.97 Å². The second-order valence-electron chi connectivity index (χ2n) is 8.09. The second-order valence-corrected chi connectivity index (χ2v) is 9.24. The van der Waals surface area contributed by atoms with Crippen molar-refractivity contribution in [3.63, 3.8) is 0 Å². The Hall–Kier alpha value is -2.35. The summed E-state index contributed by atoms with van der Waals surface area (Å²) in [6, 6.07) is 5.47. The maximum atomic E-state index is 13.2. The molecule has 1 aliphatic carbocycles. The number of amides is 1. The molecule has 1 amide bonds. The molecule has 0 aromatic heterocycles. The molecule has 1 aliphatic heterocycles. The van der Waals surface area contributed by atoms with Gasteiger partial charge in [-0.25, -0.2) is 4.79 Å². The molecular formula is C23H30N2O5S. The summed E-state index contributed by atoms with van der Waals surface area (Å²) >= 11 is 1.68. The number of carbonyl (C=O) groups excluding carboxylic acids is 2. The number of hydrogen-bond acceptors (Lipinski definition) is 6. The maximum Gasteiger partial charge on any atom is 0.329 e. The third kappa shape index (κ3) is 6.09. The van der Waals surface area contributed by atoms with E-state index in [4.69, 9.17) is 4.74 Å². The van der Waals surface area contributed by atoms with Crippen LogP contribution in [0.25, 0.3) is 6.08 Å². The Kier molecular flexibility index (Phi) is 8.51. The van der Waals surface area contributed by atoms with Gasteiger partial charge in [-0.1, -0.05) is 32.6 Å². The third-order valence-corrected chi connectivity index (χ3v) is 7.34. The molecule has 1 aromatic carbocycles. The Bertz CT molecular complexity index is 805. The molecule has 3 rings (SSSR count). The van der Waals surface area contributed by atoms with E-state index in [-0.39, 0.29) is 22.9 Å². The molecule has 1 heterocycles. The van der Waals surface area contributed by atoms with Gasteiger partial charge in [0.15, 0.2) is 0 Å². The molecule has 2 aliphatic rings. The lowest BCUT2D eigenvalue weighted by molar-refractivity contribution is -0.384. The van der Waals surface area contributed by atoms with Crippen LogP contribution in [0.1, 0.15) is 57.4 Å². The van der Waals surface area contributed by atoms with Crippen LogP contribution < -0.4 is 0 Å². The smallest absolute Gasteiger partial charge is 0.329 e. The number of nitro groups is 1. The highest BCUT2D eigenvalue weighted by molar-refractivity contribution is 8.00. The van der Waals surface area contributed by atoms with E-state index in [0.717, 1.165) is 38.5 Å². The number of nitrogens with zero attached hydrogens (tertiary/aromatic N) is 2. The van der Waals surface area contributed by atoms with Gasteiger partial charge in [0.2, 0.25) is 5.91 Å². The summed E-state index contributed by atoms with van der Waals surface area (Å²) in [4.78, 5) is 38.0. The predicted molar refractivity (Wildman–Crippen MR) is 121 cm³/mol. The molecule has 168 valence electrons. The zero-order chi connectivity index (χ0) is 22.2. The van der Waals surface area contributed by atoms with Crippen LogP contribution in [0.15, 0.2) is 30.3 Å². The lowest BCUT2D eigenvalue weighted by Gasteiger charge is -2.34. The molecule has 0 spiro atoms. The third-order valence-electron chi connectivity index (χ3n) is 5.88. The molecule has 1 saturated carbocycles. The van der Waals surface area contributed by atoms with Crippen molar-refractivity contribution >= 4 is 35.4 Å². The number of esters is 1. The van der Waals surface area contributed by atoms with Crippen LogP contribution in [0.3, 0.4) is 0 Å². The molecule has 2 fully saturated rings. The lowest BCUT2D eigenvalue weighted by Crippen LogP contribution is -2.48. The normalized spacial score (nSPS) is 22.0. The summed E-state index contributed by atoms with van der Waals surface area (Å²) in [7, 11) is 0. The van der Waals surface area contributed by atoms with E-state index in [1.807, 2.05) is 6.92 Å². The van der Waals surface area contributed by atoms with Crippen LogP contribution in [0, 0.1) is 16.0 Å². The van der Waals surface area contributed by atoms with E-state index in [0.29, 0.717) is 23.8 Å². The van der Waals surface area contributed by atoms with Crippen molar-refractivity contribution in [2.24, 2.45) is 5.92 Å². The maximum absolute atomic E-state index is 13.2. The van der Waals surface area contributed by atoms with Crippen molar-refractivity contribution in [1.82, 2.24) is 4.90 Å². The van der Waals surface area contributed by atoms with E-state index in [1.165, 1.54) is 24.6 Å². The number of nitro benzene ring substituents is 1. The van der Waals surface area contributed by atoms with Crippen LogP contribution in [-0.4, -0.2) is 45.5 Å². The van der Waals surface area contributed by atoms with Gasteiger partial charge in [-0.05, 0) is 49.0 Å². The number of thioether (sulfide) groups is 1. The Morgan fingerprint density at radius 2 is 1.94 bits per heavy atom. The Labute approximate surface area is 187 Å². The van der Waals surface area contributed by atoms with E-state index < -0.39 is 11.0 Å². The van der Waals surface area contributed by atoms with Gasteiger partial charge in [-0.15, -0.1) is 11.8 Å². The highest BCUT2D eigenvalue weighted by Crippen LogP contribution is 2.41. The van der Waals surface area contributed by atoms with Crippen LogP contribution in [-0.2, 0) is 14.3 Å². The minimum atomic E-state index is -0.567. The molecule has 0 unspecified atom stereocenters. The van der Waals surface area contributed by atoms with Crippen molar-refractivity contribution in [1.29, 1.82) is 0 Å².